The third kappa shape index (κ3) is 2.54. The molecule has 0 aromatic rings. The number of piperidine rings is 1. The Morgan fingerprint density at radius 2 is 1.53 bits per heavy atom. The number of amides is 2. The lowest BCUT2D eigenvalue weighted by Gasteiger charge is -2.38. The average molecular weight is 268 g/mol. The number of rotatable bonds is 1. The number of nitrogens with zero attached hydrogens (tertiary/aromatic N) is 2. The largest absolute Gasteiger partial charge is 0.481 e. The first kappa shape index (κ1) is 12.7. The fourth-order valence-corrected chi connectivity index (χ4v) is 3.29. The van der Waals surface area contributed by atoms with Crippen LogP contribution in [-0.4, -0.2) is 65.3 Å². The van der Waals surface area contributed by atoms with E-state index in [0.29, 0.717) is 39.0 Å². The first-order valence-corrected chi connectivity index (χ1v) is 7.05. The Kier molecular flexibility index (Phi) is 3.35. The smallest absolute Gasteiger partial charge is 0.320 e. The van der Waals surface area contributed by atoms with Gasteiger partial charge in [0.25, 0.3) is 0 Å². The molecule has 0 spiro atoms. The van der Waals surface area contributed by atoms with Crippen molar-refractivity contribution in [2.45, 2.75) is 37.9 Å². The van der Waals surface area contributed by atoms with E-state index in [2.05, 4.69) is 0 Å². The van der Waals surface area contributed by atoms with Crippen LogP contribution in [-0.2, 0) is 9.53 Å². The fraction of sp³-hybridized carbons (Fsp3) is 0.846. The predicted octanol–water partition coefficient (Wildman–Crippen LogP) is 0.766. The minimum atomic E-state index is -0.739. The van der Waals surface area contributed by atoms with Gasteiger partial charge in [-0.05, 0) is 25.7 Å². The second kappa shape index (κ2) is 5.00. The van der Waals surface area contributed by atoms with Gasteiger partial charge >= 0.3 is 12.0 Å². The molecule has 2 amide bonds. The lowest BCUT2D eigenvalue weighted by atomic mass is 9.97. The molecule has 106 valence electrons. The van der Waals surface area contributed by atoms with Crippen LogP contribution in [0.25, 0.3) is 0 Å². The molecule has 0 aromatic heterocycles. The van der Waals surface area contributed by atoms with Gasteiger partial charge in [-0.1, -0.05) is 0 Å². The van der Waals surface area contributed by atoms with E-state index < -0.39 is 5.97 Å². The monoisotopic (exact) mass is 268 g/mol. The Hall–Kier alpha value is -1.30. The van der Waals surface area contributed by atoms with E-state index in [4.69, 9.17) is 9.84 Å². The van der Waals surface area contributed by atoms with Crippen molar-refractivity contribution < 1.29 is 19.4 Å². The van der Waals surface area contributed by atoms with Crippen molar-refractivity contribution in [3.05, 3.63) is 0 Å². The van der Waals surface area contributed by atoms with Crippen molar-refractivity contribution >= 4 is 12.0 Å². The Morgan fingerprint density at radius 3 is 2.05 bits per heavy atom. The maximum absolute atomic E-state index is 12.4. The SMILES string of the molecule is O=C(O)C1CCN(C(=O)N2CC3CCC(C2)O3)CC1. The highest BCUT2D eigenvalue weighted by Gasteiger charge is 2.38. The number of carboxylic acid groups (broad SMARTS) is 1. The van der Waals surface area contributed by atoms with Gasteiger partial charge in [-0.15, -0.1) is 0 Å². The molecule has 6 nitrogen and oxygen atoms in total. The first-order valence-electron chi connectivity index (χ1n) is 7.05. The van der Waals surface area contributed by atoms with Gasteiger partial charge in [0, 0.05) is 26.2 Å². The number of hydrogen-bond donors (Lipinski definition) is 1. The zero-order chi connectivity index (χ0) is 13.4. The highest BCUT2D eigenvalue weighted by Crippen LogP contribution is 2.27. The summed E-state index contributed by atoms with van der Waals surface area (Å²) in [6, 6.07) is 0.0593. The molecule has 2 atom stereocenters. The Bertz CT molecular complexity index is 367. The van der Waals surface area contributed by atoms with Crippen LogP contribution in [0.5, 0.6) is 0 Å². The van der Waals surface area contributed by atoms with Crippen LogP contribution in [0.1, 0.15) is 25.7 Å². The summed E-state index contributed by atoms with van der Waals surface area (Å²) in [6.45, 7) is 2.49. The number of hydrogen-bond acceptors (Lipinski definition) is 3. The van der Waals surface area contributed by atoms with Crippen LogP contribution in [0.15, 0.2) is 0 Å². The maximum atomic E-state index is 12.4. The van der Waals surface area contributed by atoms with Crippen LogP contribution >= 0.6 is 0 Å². The molecule has 3 aliphatic rings. The van der Waals surface area contributed by atoms with E-state index >= 15 is 0 Å². The normalized spacial score (nSPS) is 31.6. The first-order chi connectivity index (χ1) is 9.13. The number of likely N-dealkylation sites (tertiary alicyclic amines) is 2. The van der Waals surface area contributed by atoms with Crippen LogP contribution in [0, 0.1) is 5.92 Å². The maximum Gasteiger partial charge on any atom is 0.320 e. The number of aliphatic carboxylic acids is 1. The number of fused-ring (bicyclic) bond motifs is 2. The third-order valence-corrected chi connectivity index (χ3v) is 4.43. The molecule has 3 aliphatic heterocycles. The van der Waals surface area contributed by atoms with E-state index in [-0.39, 0.29) is 24.2 Å². The van der Waals surface area contributed by atoms with Crippen molar-refractivity contribution in [3.8, 4) is 0 Å². The van der Waals surface area contributed by atoms with Gasteiger partial charge in [0.05, 0.1) is 18.1 Å². The van der Waals surface area contributed by atoms with Crippen molar-refractivity contribution in [2.75, 3.05) is 26.2 Å². The number of carbonyl (C=O) groups excluding carboxylic acids is 1. The Balaban J connectivity index is 1.55. The molecule has 3 saturated heterocycles. The number of ether oxygens (including phenoxy) is 1. The van der Waals surface area contributed by atoms with Gasteiger partial charge in [-0.3, -0.25) is 4.79 Å². The van der Waals surface area contributed by atoms with E-state index in [1.165, 1.54) is 0 Å². The van der Waals surface area contributed by atoms with Crippen molar-refractivity contribution in [2.24, 2.45) is 5.92 Å². The second-order valence-electron chi connectivity index (χ2n) is 5.74. The molecule has 6 heteroatoms. The van der Waals surface area contributed by atoms with Crippen molar-refractivity contribution in [3.63, 3.8) is 0 Å². The Morgan fingerprint density at radius 1 is 0.947 bits per heavy atom. The molecule has 3 fully saturated rings. The molecule has 3 rings (SSSR count). The van der Waals surface area contributed by atoms with E-state index in [9.17, 15) is 9.59 Å². The molecule has 0 aromatic carbocycles. The number of morpholine rings is 1. The molecule has 3 heterocycles. The second-order valence-corrected chi connectivity index (χ2v) is 5.74. The summed E-state index contributed by atoms with van der Waals surface area (Å²) in [5.74, 6) is -1.03. The molecule has 19 heavy (non-hydrogen) atoms. The van der Waals surface area contributed by atoms with Gasteiger partial charge in [-0.25, -0.2) is 4.79 Å². The predicted molar refractivity (Wildman–Crippen MR) is 66.8 cm³/mol. The molecule has 2 bridgehead atoms. The van der Waals surface area contributed by atoms with E-state index in [1.54, 1.807) is 4.90 Å². The van der Waals surface area contributed by atoms with Crippen LogP contribution < -0.4 is 0 Å². The van der Waals surface area contributed by atoms with Crippen molar-refractivity contribution in [1.29, 1.82) is 0 Å². The summed E-state index contributed by atoms with van der Waals surface area (Å²) < 4.78 is 5.72. The number of urea groups is 1. The lowest BCUT2D eigenvalue weighted by Crippen LogP contribution is -2.53. The molecular weight excluding hydrogens is 248 g/mol. The molecular formula is C13H20N2O4. The summed E-state index contributed by atoms with van der Waals surface area (Å²) in [7, 11) is 0. The summed E-state index contributed by atoms with van der Waals surface area (Å²) >= 11 is 0. The summed E-state index contributed by atoms with van der Waals surface area (Å²) in [5, 5.41) is 8.96. The highest BCUT2D eigenvalue weighted by atomic mass is 16.5. The number of carbonyl (C=O) groups is 2. The van der Waals surface area contributed by atoms with Gasteiger partial charge in [0.15, 0.2) is 0 Å². The summed E-state index contributed by atoms with van der Waals surface area (Å²) in [5.41, 5.74) is 0. The van der Waals surface area contributed by atoms with Crippen LogP contribution in [0.3, 0.4) is 0 Å². The third-order valence-electron chi connectivity index (χ3n) is 4.43. The van der Waals surface area contributed by atoms with E-state index in [1.807, 2.05) is 4.90 Å². The fourth-order valence-electron chi connectivity index (χ4n) is 3.29. The standard InChI is InChI=1S/C13H20N2O4/c16-12(17)9-3-5-14(6-4-9)13(18)15-7-10-1-2-11(8-15)19-10/h9-11H,1-8H2,(H,16,17). The summed E-state index contributed by atoms with van der Waals surface area (Å²) in [6.07, 6.45) is 3.65. The van der Waals surface area contributed by atoms with Gasteiger partial charge < -0.3 is 19.6 Å². The molecule has 0 saturated carbocycles. The molecule has 0 aliphatic carbocycles. The summed E-state index contributed by atoms with van der Waals surface area (Å²) in [4.78, 5) is 27.0. The van der Waals surface area contributed by atoms with Gasteiger partial charge in [0.1, 0.15) is 0 Å². The zero-order valence-electron chi connectivity index (χ0n) is 11.0. The van der Waals surface area contributed by atoms with Gasteiger partial charge in [0.2, 0.25) is 0 Å². The average Bonchev–Trinajstić information content (AvgIpc) is 2.76. The van der Waals surface area contributed by atoms with Gasteiger partial charge in [-0.2, -0.15) is 0 Å². The lowest BCUT2D eigenvalue weighted by molar-refractivity contribution is -0.143. The molecule has 0 radical (unpaired) electrons. The molecule has 1 N–H and O–H groups in total. The zero-order valence-corrected chi connectivity index (χ0v) is 11.0. The van der Waals surface area contributed by atoms with E-state index in [0.717, 1.165) is 12.8 Å². The Labute approximate surface area is 112 Å². The van der Waals surface area contributed by atoms with Crippen LogP contribution in [0.4, 0.5) is 4.79 Å². The minimum absolute atomic E-state index is 0.0593. The number of carboxylic acids is 1. The minimum Gasteiger partial charge on any atom is -0.481 e. The highest BCUT2D eigenvalue weighted by molar-refractivity contribution is 5.75. The van der Waals surface area contributed by atoms with Crippen molar-refractivity contribution in [1.82, 2.24) is 9.80 Å². The molecule has 2 unspecified atom stereocenters. The topological polar surface area (TPSA) is 70.1 Å². The van der Waals surface area contributed by atoms with Crippen LogP contribution in [0.2, 0.25) is 0 Å². The quantitative estimate of drug-likeness (QED) is 0.762.